The number of carbonyl (C=O) groups is 2. The van der Waals surface area contributed by atoms with Crippen LogP contribution in [0.15, 0.2) is 24.3 Å². The molecule has 0 saturated carbocycles. The van der Waals surface area contributed by atoms with Crippen molar-refractivity contribution >= 4 is 18.0 Å². The van der Waals surface area contributed by atoms with Crippen LogP contribution in [0.4, 0.5) is 5.69 Å². The summed E-state index contributed by atoms with van der Waals surface area (Å²) >= 11 is 0. The third-order valence-corrected chi connectivity index (χ3v) is 2.86. The zero-order valence-electron chi connectivity index (χ0n) is 11.6. The van der Waals surface area contributed by atoms with Gasteiger partial charge in [0.1, 0.15) is 6.04 Å². The van der Waals surface area contributed by atoms with Crippen LogP contribution in [0.5, 0.6) is 0 Å². The van der Waals surface area contributed by atoms with E-state index in [0.29, 0.717) is 13.0 Å². The van der Waals surface area contributed by atoms with Crippen molar-refractivity contribution in [1.29, 1.82) is 0 Å². The molecule has 0 saturated heterocycles. The summed E-state index contributed by atoms with van der Waals surface area (Å²) in [6, 6.07) is 7.38. The van der Waals surface area contributed by atoms with Gasteiger partial charge in [-0.15, -0.1) is 0 Å². The number of hydrogen-bond acceptors (Lipinski definition) is 3. The summed E-state index contributed by atoms with van der Waals surface area (Å²) in [7, 11) is 1.63. The lowest BCUT2D eigenvalue weighted by Crippen LogP contribution is -2.41. The highest BCUT2D eigenvalue weighted by atomic mass is 16.2. The Kier molecular flexibility index (Phi) is 5.85. The van der Waals surface area contributed by atoms with Gasteiger partial charge >= 0.3 is 0 Å². The lowest BCUT2D eigenvalue weighted by molar-refractivity contribution is -0.122. The number of likely N-dealkylation sites (N-methyl/N-ethyl adjacent to an activating group) is 1. The summed E-state index contributed by atoms with van der Waals surface area (Å²) in [5, 5.41) is 8.47. The van der Waals surface area contributed by atoms with Crippen LogP contribution < -0.4 is 16.0 Å². The monoisotopic (exact) mass is 263 g/mol. The molecule has 104 valence electrons. The first kappa shape index (κ1) is 15.0. The predicted molar refractivity (Wildman–Crippen MR) is 75.7 cm³/mol. The molecule has 0 heterocycles. The Morgan fingerprint density at radius 2 is 1.89 bits per heavy atom. The van der Waals surface area contributed by atoms with Crippen molar-refractivity contribution in [2.24, 2.45) is 5.92 Å². The fraction of sp³-hybridized carbons (Fsp3) is 0.429. The highest BCUT2D eigenvalue weighted by molar-refractivity contribution is 5.84. The third kappa shape index (κ3) is 4.62. The maximum Gasteiger partial charge on any atom is 0.242 e. The van der Waals surface area contributed by atoms with E-state index < -0.39 is 0 Å². The Morgan fingerprint density at radius 3 is 2.37 bits per heavy atom. The Balaban J connectivity index is 2.69. The van der Waals surface area contributed by atoms with Gasteiger partial charge in [0.2, 0.25) is 12.3 Å². The average molecular weight is 263 g/mol. The minimum absolute atomic E-state index is 0.0262. The van der Waals surface area contributed by atoms with Crippen molar-refractivity contribution in [3.8, 4) is 0 Å². The number of carbonyl (C=O) groups excluding carboxylic acids is 2. The fourth-order valence-corrected chi connectivity index (χ4v) is 1.75. The first-order valence-electron chi connectivity index (χ1n) is 6.32. The Labute approximate surface area is 113 Å². The highest BCUT2D eigenvalue weighted by Crippen LogP contribution is 2.14. The Hall–Kier alpha value is -2.04. The van der Waals surface area contributed by atoms with Gasteiger partial charge in [0, 0.05) is 19.3 Å². The van der Waals surface area contributed by atoms with Crippen molar-refractivity contribution < 1.29 is 9.59 Å². The largest absolute Gasteiger partial charge is 0.373 e. The molecule has 0 aromatic heterocycles. The van der Waals surface area contributed by atoms with Crippen molar-refractivity contribution in [3.63, 3.8) is 0 Å². The van der Waals surface area contributed by atoms with Crippen LogP contribution in [0.25, 0.3) is 0 Å². The quantitative estimate of drug-likeness (QED) is 0.646. The van der Waals surface area contributed by atoms with E-state index in [0.717, 1.165) is 11.3 Å². The molecule has 0 spiro atoms. The van der Waals surface area contributed by atoms with Crippen LogP contribution in [0.2, 0.25) is 0 Å². The molecule has 5 heteroatoms. The molecular weight excluding hydrogens is 242 g/mol. The molecule has 1 aromatic carbocycles. The Bertz CT molecular complexity index is 415. The number of nitrogens with one attached hydrogen (secondary N) is 3. The fourth-order valence-electron chi connectivity index (χ4n) is 1.75. The molecule has 1 atom stereocenters. The van der Waals surface area contributed by atoms with Crippen molar-refractivity contribution in [2.45, 2.75) is 26.4 Å². The minimum atomic E-state index is -0.260. The van der Waals surface area contributed by atoms with Gasteiger partial charge in [-0.05, 0) is 23.6 Å². The van der Waals surface area contributed by atoms with Crippen LogP contribution in [0.1, 0.15) is 19.4 Å². The van der Waals surface area contributed by atoms with Crippen molar-refractivity contribution in [1.82, 2.24) is 10.6 Å². The van der Waals surface area contributed by atoms with Crippen LogP contribution in [0.3, 0.4) is 0 Å². The molecule has 1 rings (SSSR count). The summed E-state index contributed by atoms with van der Waals surface area (Å²) in [5.41, 5.74) is 1.90. The van der Waals surface area contributed by atoms with Crippen LogP contribution in [0, 0.1) is 5.92 Å². The summed E-state index contributed by atoms with van der Waals surface area (Å²) in [4.78, 5) is 21.9. The molecule has 5 nitrogen and oxygen atoms in total. The van der Waals surface area contributed by atoms with Gasteiger partial charge in [-0.3, -0.25) is 9.59 Å². The van der Waals surface area contributed by atoms with E-state index in [1.165, 1.54) is 0 Å². The first-order valence-corrected chi connectivity index (χ1v) is 6.32. The predicted octanol–water partition coefficient (Wildman–Crippen LogP) is 1.12. The molecule has 2 amide bonds. The smallest absolute Gasteiger partial charge is 0.242 e. The number of rotatable bonds is 7. The number of benzene rings is 1. The second kappa shape index (κ2) is 7.41. The second-order valence-corrected chi connectivity index (χ2v) is 4.68. The molecule has 0 radical (unpaired) electrons. The van der Waals surface area contributed by atoms with E-state index >= 15 is 0 Å². The molecule has 0 fully saturated rings. The van der Waals surface area contributed by atoms with Gasteiger partial charge in [-0.25, -0.2) is 0 Å². The molecular formula is C14H21N3O2. The summed E-state index contributed by atoms with van der Waals surface area (Å²) in [6.45, 7) is 4.50. The van der Waals surface area contributed by atoms with Crippen molar-refractivity contribution in [2.75, 3.05) is 12.4 Å². The molecule has 0 unspecified atom stereocenters. The first-order chi connectivity index (χ1) is 9.08. The molecule has 0 aliphatic rings. The third-order valence-electron chi connectivity index (χ3n) is 2.86. The summed E-state index contributed by atoms with van der Waals surface area (Å²) < 4.78 is 0. The molecule has 0 aliphatic carbocycles. The van der Waals surface area contributed by atoms with Gasteiger partial charge in [0.15, 0.2) is 0 Å². The van der Waals surface area contributed by atoms with E-state index in [-0.39, 0.29) is 17.9 Å². The van der Waals surface area contributed by atoms with Crippen molar-refractivity contribution in [3.05, 3.63) is 29.8 Å². The average Bonchev–Trinajstić information content (AvgIpc) is 2.42. The summed E-state index contributed by atoms with van der Waals surface area (Å²) in [5.74, 6) is 0.165. The second-order valence-electron chi connectivity index (χ2n) is 4.68. The highest BCUT2D eigenvalue weighted by Gasteiger charge is 2.20. The number of hydrogen-bond donors (Lipinski definition) is 3. The van der Waals surface area contributed by atoms with E-state index in [9.17, 15) is 9.59 Å². The van der Waals surface area contributed by atoms with E-state index in [2.05, 4.69) is 16.0 Å². The van der Waals surface area contributed by atoms with Gasteiger partial charge in [0.05, 0.1) is 0 Å². The maximum absolute atomic E-state index is 11.7. The molecule has 19 heavy (non-hydrogen) atoms. The van der Waals surface area contributed by atoms with Crippen LogP contribution in [-0.4, -0.2) is 25.4 Å². The molecule has 3 N–H and O–H groups in total. The summed E-state index contributed by atoms with van der Waals surface area (Å²) in [6.07, 6.45) is 0.673. The molecule has 0 aliphatic heterocycles. The maximum atomic E-state index is 11.7. The number of anilines is 1. The lowest BCUT2D eigenvalue weighted by Gasteiger charge is -2.22. The molecule has 0 bridgehead atoms. The van der Waals surface area contributed by atoms with Crippen LogP contribution in [-0.2, 0) is 16.1 Å². The number of amides is 2. The van der Waals surface area contributed by atoms with E-state index in [1.807, 2.05) is 38.1 Å². The lowest BCUT2D eigenvalue weighted by atomic mass is 10.0. The standard InChI is InChI=1S/C14H21N3O2/c1-10(2)13(14(19)15-3)17-12-6-4-11(5-7-12)8-16-9-18/h4-7,9-10,13,17H,8H2,1-3H3,(H,15,19)(H,16,18)/t13-/m1/s1. The zero-order chi connectivity index (χ0) is 14.3. The SMILES string of the molecule is CNC(=O)[C@H](Nc1ccc(CNC=O)cc1)C(C)C. The van der Waals surface area contributed by atoms with E-state index in [4.69, 9.17) is 0 Å². The van der Waals surface area contributed by atoms with Gasteiger partial charge in [0.25, 0.3) is 0 Å². The van der Waals surface area contributed by atoms with E-state index in [1.54, 1.807) is 7.05 Å². The zero-order valence-corrected chi connectivity index (χ0v) is 11.6. The normalized spacial score (nSPS) is 11.8. The topological polar surface area (TPSA) is 70.2 Å². The minimum Gasteiger partial charge on any atom is -0.373 e. The van der Waals surface area contributed by atoms with Gasteiger partial charge in [-0.1, -0.05) is 26.0 Å². The van der Waals surface area contributed by atoms with Gasteiger partial charge in [-0.2, -0.15) is 0 Å². The van der Waals surface area contributed by atoms with Gasteiger partial charge < -0.3 is 16.0 Å². The molecule has 1 aromatic rings. The Morgan fingerprint density at radius 1 is 1.26 bits per heavy atom. The van der Waals surface area contributed by atoms with Crippen LogP contribution >= 0.6 is 0 Å².